The first kappa shape index (κ1) is 8.75. The van der Waals surface area contributed by atoms with Gasteiger partial charge in [-0.2, -0.15) is 0 Å². The summed E-state index contributed by atoms with van der Waals surface area (Å²) in [6.45, 7) is 5.40. The van der Waals surface area contributed by atoms with Crippen molar-refractivity contribution in [2.45, 2.75) is 26.3 Å². The van der Waals surface area contributed by atoms with Gasteiger partial charge >= 0.3 is 0 Å². The minimum absolute atomic E-state index is 0.441. The standard InChI is InChI=1S/C10H16N2O/c1-7-4-9(12(3)6-7)10-5-8(2)11-13-10/h5,7,9H,4,6H2,1-3H3. The fourth-order valence-electron chi connectivity index (χ4n) is 2.13. The summed E-state index contributed by atoms with van der Waals surface area (Å²) in [5.74, 6) is 1.78. The van der Waals surface area contributed by atoms with Crippen LogP contribution in [-0.4, -0.2) is 23.6 Å². The maximum Gasteiger partial charge on any atom is 0.154 e. The van der Waals surface area contributed by atoms with Gasteiger partial charge in [0.05, 0.1) is 11.7 Å². The van der Waals surface area contributed by atoms with Crippen LogP contribution >= 0.6 is 0 Å². The van der Waals surface area contributed by atoms with Crippen LogP contribution in [0.4, 0.5) is 0 Å². The van der Waals surface area contributed by atoms with Crippen LogP contribution in [-0.2, 0) is 0 Å². The number of rotatable bonds is 1. The second-order valence-corrected chi connectivity index (χ2v) is 4.17. The highest BCUT2D eigenvalue weighted by Gasteiger charge is 2.30. The molecule has 2 rings (SSSR count). The molecule has 2 atom stereocenters. The molecule has 1 aromatic rings. The van der Waals surface area contributed by atoms with E-state index >= 15 is 0 Å². The Labute approximate surface area is 78.7 Å². The lowest BCUT2D eigenvalue weighted by atomic mass is 10.1. The molecule has 72 valence electrons. The van der Waals surface area contributed by atoms with Crippen molar-refractivity contribution in [1.29, 1.82) is 0 Å². The average molecular weight is 180 g/mol. The molecule has 0 aromatic carbocycles. The lowest BCUT2D eigenvalue weighted by Gasteiger charge is -2.15. The fraction of sp³-hybridized carbons (Fsp3) is 0.700. The van der Waals surface area contributed by atoms with Gasteiger partial charge in [-0.3, -0.25) is 4.90 Å². The normalized spacial score (nSPS) is 29.8. The summed E-state index contributed by atoms with van der Waals surface area (Å²) in [5, 5.41) is 3.92. The SMILES string of the molecule is Cc1cc(C2CC(C)CN2C)on1. The van der Waals surface area contributed by atoms with E-state index in [4.69, 9.17) is 4.52 Å². The zero-order valence-electron chi connectivity index (χ0n) is 8.45. The van der Waals surface area contributed by atoms with Crippen LogP contribution < -0.4 is 0 Å². The van der Waals surface area contributed by atoms with Crippen LogP contribution in [0.1, 0.15) is 30.8 Å². The molecule has 0 radical (unpaired) electrons. The largest absolute Gasteiger partial charge is 0.359 e. The molecule has 0 bridgehead atoms. The van der Waals surface area contributed by atoms with Crippen LogP contribution in [0.15, 0.2) is 10.6 Å². The number of nitrogens with zero attached hydrogens (tertiary/aromatic N) is 2. The van der Waals surface area contributed by atoms with Crippen LogP contribution in [0.3, 0.4) is 0 Å². The Kier molecular flexibility index (Phi) is 2.12. The van der Waals surface area contributed by atoms with E-state index in [9.17, 15) is 0 Å². The lowest BCUT2D eigenvalue weighted by molar-refractivity contribution is 0.251. The van der Waals surface area contributed by atoms with E-state index in [0.717, 1.165) is 23.9 Å². The number of likely N-dealkylation sites (tertiary alicyclic amines) is 1. The van der Waals surface area contributed by atoms with Crippen LogP contribution in [0, 0.1) is 12.8 Å². The number of hydrogen-bond acceptors (Lipinski definition) is 3. The first-order chi connectivity index (χ1) is 6.16. The highest BCUT2D eigenvalue weighted by Crippen LogP contribution is 2.33. The number of aryl methyl sites for hydroxylation is 1. The summed E-state index contributed by atoms with van der Waals surface area (Å²) in [6.07, 6.45) is 1.19. The molecule has 13 heavy (non-hydrogen) atoms. The Balaban J connectivity index is 2.17. The van der Waals surface area contributed by atoms with Crippen LogP contribution in [0.5, 0.6) is 0 Å². The quantitative estimate of drug-likeness (QED) is 0.662. The highest BCUT2D eigenvalue weighted by atomic mass is 16.5. The van der Waals surface area contributed by atoms with Crippen LogP contribution in [0.2, 0.25) is 0 Å². The van der Waals surface area contributed by atoms with Gasteiger partial charge in [-0.25, -0.2) is 0 Å². The monoisotopic (exact) mass is 180 g/mol. The van der Waals surface area contributed by atoms with Crippen molar-refractivity contribution >= 4 is 0 Å². The van der Waals surface area contributed by atoms with E-state index in [2.05, 4.69) is 24.0 Å². The van der Waals surface area contributed by atoms with Gasteiger partial charge < -0.3 is 4.52 Å². The lowest BCUT2D eigenvalue weighted by Crippen LogP contribution is -2.17. The van der Waals surface area contributed by atoms with Crippen molar-refractivity contribution < 1.29 is 4.52 Å². The van der Waals surface area contributed by atoms with Gasteiger partial charge in [-0.15, -0.1) is 0 Å². The van der Waals surface area contributed by atoms with E-state index < -0.39 is 0 Å². The van der Waals surface area contributed by atoms with E-state index in [-0.39, 0.29) is 0 Å². The molecule has 3 nitrogen and oxygen atoms in total. The molecule has 1 aliphatic heterocycles. The topological polar surface area (TPSA) is 29.3 Å². The first-order valence-corrected chi connectivity index (χ1v) is 4.80. The van der Waals surface area contributed by atoms with E-state index in [0.29, 0.717) is 6.04 Å². The number of hydrogen-bond donors (Lipinski definition) is 0. The third-order valence-corrected chi connectivity index (χ3v) is 2.73. The molecule has 1 saturated heterocycles. The summed E-state index contributed by atoms with van der Waals surface area (Å²) in [5.41, 5.74) is 0.975. The molecule has 0 saturated carbocycles. The molecule has 0 N–H and O–H groups in total. The van der Waals surface area contributed by atoms with Crippen molar-refractivity contribution in [3.63, 3.8) is 0 Å². The fourth-order valence-corrected chi connectivity index (χ4v) is 2.13. The van der Waals surface area contributed by atoms with Gasteiger partial charge in [0.1, 0.15) is 0 Å². The third kappa shape index (κ3) is 1.61. The minimum atomic E-state index is 0.441. The van der Waals surface area contributed by atoms with Gasteiger partial charge in [0.25, 0.3) is 0 Å². The summed E-state index contributed by atoms with van der Waals surface area (Å²) < 4.78 is 5.28. The third-order valence-electron chi connectivity index (χ3n) is 2.73. The molecule has 1 aliphatic rings. The molecular formula is C10H16N2O. The molecule has 0 aliphatic carbocycles. The molecular weight excluding hydrogens is 164 g/mol. The summed E-state index contributed by atoms with van der Waals surface area (Å²) >= 11 is 0. The highest BCUT2D eigenvalue weighted by molar-refractivity contribution is 5.09. The van der Waals surface area contributed by atoms with Crippen molar-refractivity contribution in [2.24, 2.45) is 5.92 Å². The smallest absolute Gasteiger partial charge is 0.154 e. The Bertz CT molecular complexity index is 295. The molecule has 1 aromatic heterocycles. The molecule has 1 fully saturated rings. The Hall–Kier alpha value is -0.830. The van der Waals surface area contributed by atoms with Crippen molar-refractivity contribution in [2.75, 3.05) is 13.6 Å². The molecule has 2 unspecified atom stereocenters. The van der Waals surface area contributed by atoms with E-state index in [1.807, 2.05) is 13.0 Å². The molecule has 2 heterocycles. The summed E-state index contributed by atoms with van der Waals surface area (Å²) in [4.78, 5) is 2.34. The number of aromatic nitrogens is 1. The van der Waals surface area contributed by atoms with Crippen molar-refractivity contribution in [3.05, 3.63) is 17.5 Å². The average Bonchev–Trinajstić information content (AvgIpc) is 2.58. The van der Waals surface area contributed by atoms with Gasteiger partial charge in [-0.1, -0.05) is 12.1 Å². The van der Waals surface area contributed by atoms with E-state index in [1.54, 1.807) is 0 Å². The maximum atomic E-state index is 5.28. The zero-order valence-corrected chi connectivity index (χ0v) is 8.45. The van der Waals surface area contributed by atoms with Crippen molar-refractivity contribution in [3.8, 4) is 0 Å². The summed E-state index contributed by atoms with van der Waals surface area (Å²) in [7, 11) is 2.14. The Morgan fingerprint density at radius 1 is 1.62 bits per heavy atom. The Morgan fingerprint density at radius 3 is 2.85 bits per heavy atom. The molecule has 0 amide bonds. The Morgan fingerprint density at radius 2 is 2.38 bits per heavy atom. The van der Waals surface area contributed by atoms with E-state index in [1.165, 1.54) is 6.42 Å². The van der Waals surface area contributed by atoms with Gasteiger partial charge in [0.15, 0.2) is 5.76 Å². The maximum absolute atomic E-state index is 5.28. The second kappa shape index (κ2) is 3.14. The summed E-state index contributed by atoms with van der Waals surface area (Å²) in [6, 6.07) is 2.48. The zero-order chi connectivity index (χ0) is 9.42. The van der Waals surface area contributed by atoms with Gasteiger partial charge in [0, 0.05) is 12.6 Å². The predicted molar refractivity (Wildman–Crippen MR) is 50.4 cm³/mol. The minimum Gasteiger partial charge on any atom is -0.359 e. The predicted octanol–water partition coefficient (Wildman–Crippen LogP) is 2.00. The van der Waals surface area contributed by atoms with Crippen LogP contribution in [0.25, 0.3) is 0 Å². The van der Waals surface area contributed by atoms with Gasteiger partial charge in [-0.05, 0) is 26.3 Å². The van der Waals surface area contributed by atoms with Gasteiger partial charge in [0.2, 0.25) is 0 Å². The molecule has 3 heteroatoms. The second-order valence-electron chi connectivity index (χ2n) is 4.17. The molecule has 0 spiro atoms. The first-order valence-electron chi connectivity index (χ1n) is 4.80. The van der Waals surface area contributed by atoms with Crippen molar-refractivity contribution in [1.82, 2.24) is 10.1 Å².